The summed E-state index contributed by atoms with van der Waals surface area (Å²) in [5.74, 6) is -1.09. The molecule has 7 heteroatoms. The van der Waals surface area contributed by atoms with Crippen molar-refractivity contribution in [1.82, 2.24) is 16.2 Å². The number of carbonyl (C=O) groups excluding carboxylic acids is 3. The van der Waals surface area contributed by atoms with Crippen molar-refractivity contribution in [3.8, 4) is 11.5 Å². The van der Waals surface area contributed by atoms with Crippen LogP contribution in [0.25, 0.3) is 0 Å². The van der Waals surface area contributed by atoms with Crippen molar-refractivity contribution in [2.24, 2.45) is 0 Å². The van der Waals surface area contributed by atoms with Gasteiger partial charge in [0.2, 0.25) is 0 Å². The summed E-state index contributed by atoms with van der Waals surface area (Å²) in [7, 11) is 0. The molecule has 128 valence electrons. The van der Waals surface area contributed by atoms with Crippen molar-refractivity contribution in [3.05, 3.63) is 60.2 Å². The maximum absolute atomic E-state index is 12.1. The van der Waals surface area contributed by atoms with E-state index in [0.717, 1.165) is 12.8 Å². The second-order valence-electron chi connectivity index (χ2n) is 5.60. The number of para-hydroxylation sites is 1. The predicted molar refractivity (Wildman–Crippen MR) is 89.7 cm³/mol. The molecule has 0 aliphatic heterocycles. The number of ether oxygens (including phenoxy) is 1. The monoisotopic (exact) mass is 339 g/mol. The number of hydrogen-bond acceptors (Lipinski definition) is 4. The second-order valence-corrected chi connectivity index (χ2v) is 5.60. The fourth-order valence-corrected chi connectivity index (χ4v) is 2.05. The molecule has 3 amide bonds. The number of carbonyl (C=O) groups is 3. The minimum absolute atomic E-state index is 0.0702. The van der Waals surface area contributed by atoms with Gasteiger partial charge in [-0.15, -0.1) is 0 Å². The van der Waals surface area contributed by atoms with E-state index in [1.54, 1.807) is 36.4 Å². The van der Waals surface area contributed by atoms with E-state index < -0.39 is 17.7 Å². The van der Waals surface area contributed by atoms with Crippen molar-refractivity contribution >= 4 is 17.7 Å². The van der Waals surface area contributed by atoms with E-state index in [9.17, 15) is 14.4 Å². The van der Waals surface area contributed by atoms with Crippen LogP contribution in [0.5, 0.6) is 11.5 Å². The third kappa shape index (κ3) is 4.81. The smallest absolute Gasteiger partial charge is 0.327 e. The molecule has 3 rings (SSSR count). The van der Waals surface area contributed by atoms with E-state index in [0.29, 0.717) is 11.5 Å². The topological polar surface area (TPSA) is 96.5 Å². The SMILES string of the molecule is O=C(NNC(=O)c1cccc(Oc2ccccc2)c1)C(=O)NC1CC1. The molecule has 0 atom stereocenters. The molecule has 0 heterocycles. The van der Waals surface area contributed by atoms with Gasteiger partial charge in [-0.2, -0.15) is 0 Å². The average molecular weight is 339 g/mol. The van der Waals surface area contributed by atoms with Crippen LogP contribution in [0.3, 0.4) is 0 Å². The molecule has 0 unspecified atom stereocenters. The molecular formula is C18H17N3O4. The van der Waals surface area contributed by atoms with Gasteiger partial charge >= 0.3 is 11.8 Å². The third-order valence-corrected chi connectivity index (χ3v) is 3.48. The number of benzene rings is 2. The number of nitrogens with one attached hydrogen (secondary N) is 3. The van der Waals surface area contributed by atoms with Gasteiger partial charge < -0.3 is 10.1 Å². The normalized spacial score (nSPS) is 12.8. The van der Waals surface area contributed by atoms with Crippen LogP contribution in [0.15, 0.2) is 54.6 Å². The molecule has 0 radical (unpaired) electrons. The van der Waals surface area contributed by atoms with Crippen LogP contribution in [0.4, 0.5) is 0 Å². The van der Waals surface area contributed by atoms with Crippen molar-refractivity contribution in [3.63, 3.8) is 0 Å². The number of hydrogen-bond donors (Lipinski definition) is 3. The Morgan fingerprint density at radius 3 is 2.28 bits per heavy atom. The Hall–Kier alpha value is -3.35. The van der Waals surface area contributed by atoms with Crippen LogP contribution in [-0.2, 0) is 9.59 Å². The molecule has 1 aliphatic rings. The lowest BCUT2D eigenvalue weighted by atomic mass is 10.2. The molecule has 3 N–H and O–H groups in total. The molecule has 1 saturated carbocycles. The fraction of sp³-hybridized carbons (Fsp3) is 0.167. The predicted octanol–water partition coefficient (Wildman–Crippen LogP) is 1.52. The van der Waals surface area contributed by atoms with Gasteiger partial charge in [0.05, 0.1) is 0 Å². The first-order valence-electron chi connectivity index (χ1n) is 7.86. The average Bonchev–Trinajstić information content (AvgIpc) is 3.44. The van der Waals surface area contributed by atoms with Crippen LogP contribution in [-0.4, -0.2) is 23.8 Å². The first kappa shape index (κ1) is 16.5. The summed E-state index contributed by atoms with van der Waals surface area (Å²) >= 11 is 0. The van der Waals surface area contributed by atoms with Crippen LogP contribution in [0, 0.1) is 0 Å². The summed E-state index contributed by atoms with van der Waals surface area (Å²) in [6.45, 7) is 0. The molecule has 1 fully saturated rings. The van der Waals surface area contributed by atoms with Crippen molar-refractivity contribution in [2.75, 3.05) is 0 Å². The zero-order valence-corrected chi connectivity index (χ0v) is 13.3. The Morgan fingerprint density at radius 2 is 1.56 bits per heavy atom. The van der Waals surface area contributed by atoms with Crippen LogP contribution in [0.1, 0.15) is 23.2 Å². The van der Waals surface area contributed by atoms with Gasteiger partial charge in [-0.3, -0.25) is 25.2 Å². The Kier molecular flexibility index (Phi) is 4.94. The lowest BCUT2D eigenvalue weighted by Crippen LogP contribution is -2.48. The van der Waals surface area contributed by atoms with Crippen LogP contribution in [0.2, 0.25) is 0 Å². The van der Waals surface area contributed by atoms with Gasteiger partial charge in [0.1, 0.15) is 11.5 Å². The van der Waals surface area contributed by atoms with Gasteiger partial charge in [0.15, 0.2) is 0 Å². The molecule has 1 aliphatic carbocycles. The molecule has 0 bridgehead atoms. The molecule has 2 aromatic carbocycles. The van der Waals surface area contributed by atoms with Crippen LogP contribution < -0.4 is 20.9 Å². The zero-order valence-electron chi connectivity index (χ0n) is 13.3. The van der Waals surface area contributed by atoms with Crippen molar-refractivity contribution in [1.29, 1.82) is 0 Å². The Bertz CT molecular complexity index is 788. The maximum Gasteiger partial charge on any atom is 0.327 e. The van der Waals surface area contributed by atoms with E-state index in [4.69, 9.17) is 4.74 Å². The Labute approximate surface area is 144 Å². The molecular weight excluding hydrogens is 322 g/mol. The molecule has 0 spiro atoms. The van der Waals surface area contributed by atoms with E-state index >= 15 is 0 Å². The second kappa shape index (κ2) is 7.48. The van der Waals surface area contributed by atoms with Crippen LogP contribution >= 0.6 is 0 Å². The summed E-state index contributed by atoms with van der Waals surface area (Å²) in [5, 5.41) is 2.53. The molecule has 0 saturated heterocycles. The lowest BCUT2D eigenvalue weighted by Gasteiger charge is -2.09. The highest BCUT2D eigenvalue weighted by Crippen LogP contribution is 2.21. The fourth-order valence-electron chi connectivity index (χ4n) is 2.05. The first-order valence-corrected chi connectivity index (χ1v) is 7.86. The third-order valence-electron chi connectivity index (χ3n) is 3.48. The Morgan fingerprint density at radius 1 is 0.840 bits per heavy atom. The van der Waals surface area contributed by atoms with Crippen molar-refractivity contribution < 1.29 is 19.1 Å². The zero-order chi connectivity index (χ0) is 17.6. The quantitative estimate of drug-likeness (QED) is 0.581. The summed E-state index contributed by atoms with van der Waals surface area (Å²) in [6.07, 6.45) is 1.75. The standard InChI is InChI=1S/C18H17N3O4/c22-16(20-21-18(24)17(23)19-13-9-10-13)12-5-4-8-15(11-12)25-14-6-2-1-3-7-14/h1-8,11,13H,9-10H2,(H,19,23)(H,20,22)(H,21,24). The highest BCUT2D eigenvalue weighted by Gasteiger charge is 2.26. The van der Waals surface area contributed by atoms with Gasteiger partial charge in [-0.1, -0.05) is 24.3 Å². The van der Waals surface area contributed by atoms with Crippen molar-refractivity contribution in [2.45, 2.75) is 18.9 Å². The summed E-state index contributed by atoms with van der Waals surface area (Å²) in [4.78, 5) is 35.2. The summed E-state index contributed by atoms with van der Waals surface area (Å²) < 4.78 is 5.65. The summed E-state index contributed by atoms with van der Waals surface area (Å²) in [5.41, 5.74) is 4.59. The summed E-state index contributed by atoms with van der Waals surface area (Å²) in [6, 6.07) is 15.7. The number of rotatable bonds is 4. The molecule has 25 heavy (non-hydrogen) atoms. The maximum atomic E-state index is 12.1. The minimum atomic E-state index is -0.906. The molecule has 0 aromatic heterocycles. The van der Waals surface area contributed by atoms with E-state index in [1.807, 2.05) is 18.2 Å². The lowest BCUT2D eigenvalue weighted by molar-refractivity contribution is -0.139. The minimum Gasteiger partial charge on any atom is -0.457 e. The molecule has 2 aromatic rings. The van der Waals surface area contributed by atoms with Gasteiger partial charge in [0.25, 0.3) is 5.91 Å². The number of amides is 3. The number of hydrazine groups is 1. The van der Waals surface area contributed by atoms with E-state index in [-0.39, 0.29) is 11.6 Å². The highest BCUT2D eigenvalue weighted by atomic mass is 16.5. The largest absolute Gasteiger partial charge is 0.457 e. The van der Waals surface area contributed by atoms with Gasteiger partial charge in [-0.05, 0) is 43.2 Å². The molecule has 7 nitrogen and oxygen atoms in total. The van der Waals surface area contributed by atoms with Gasteiger partial charge in [0, 0.05) is 11.6 Å². The highest BCUT2D eigenvalue weighted by molar-refractivity contribution is 6.35. The first-order chi connectivity index (χ1) is 12.1. The van der Waals surface area contributed by atoms with E-state index in [2.05, 4.69) is 16.2 Å². The van der Waals surface area contributed by atoms with Gasteiger partial charge in [-0.25, -0.2) is 0 Å². The Balaban J connectivity index is 1.55. The van der Waals surface area contributed by atoms with E-state index in [1.165, 1.54) is 0 Å².